The molecule has 0 spiro atoms. The quantitative estimate of drug-likeness (QED) is 0.870. The third-order valence-electron chi connectivity index (χ3n) is 3.51. The maximum atomic E-state index is 12.2. The summed E-state index contributed by atoms with van der Waals surface area (Å²) < 4.78 is 5.38. The molecule has 0 aliphatic carbocycles. The lowest BCUT2D eigenvalue weighted by Crippen LogP contribution is -2.34. The van der Waals surface area contributed by atoms with Gasteiger partial charge < -0.3 is 14.4 Å². The van der Waals surface area contributed by atoms with Crippen molar-refractivity contribution in [3.05, 3.63) is 23.2 Å². The molecule has 1 fully saturated rings. The molecule has 2 rings (SSSR count). The fraction of sp³-hybridized carbons (Fsp3) is 0.538. The highest BCUT2D eigenvalue weighted by Gasteiger charge is 2.43. The van der Waals surface area contributed by atoms with Crippen molar-refractivity contribution in [2.45, 2.75) is 27.2 Å². The topological polar surface area (TPSA) is 70.8 Å². The number of likely N-dealkylation sites (tertiary alicyclic amines) is 1. The maximum Gasteiger partial charge on any atom is 0.311 e. The van der Waals surface area contributed by atoms with E-state index in [1.165, 1.54) is 0 Å². The van der Waals surface area contributed by atoms with Crippen molar-refractivity contribution >= 4 is 11.9 Å². The lowest BCUT2D eigenvalue weighted by molar-refractivity contribution is -0.147. The second kappa shape index (κ2) is 4.15. The Morgan fingerprint density at radius 3 is 2.56 bits per heavy atom. The van der Waals surface area contributed by atoms with Crippen LogP contribution in [0.1, 0.15) is 35.2 Å². The maximum absolute atomic E-state index is 12.2. The van der Waals surface area contributed by atoms with Crippen molar-refractivity contribution in [3.63, 3.8) is 0 Å². The van der Waals surface area contributed by atoms with E-state index in [4.69, 9.17) is 9.52 Å². The lowest BCUT2D eigenvalue weighted by Gasteiger charge is -2.19. The minimum atomic E-state index is -0.856. The van der Waals surface area contributed by atoms with Gasteiger partial charge in [-0.3, -0.25) is 9.59 Å². The van der Waals surface area contributed by atoms with Crippen LogP contribution < -0.4 is 0 Å². The van der Waals surface area contributed by atoms with Crippen molar-refractivity contribution < 1.29 is 19.1 Å². The summed E-state index contributed by atoms with van der Waals surface area (Å²) >= 11 is 0. The first-order valence-electron chi connectivity index (χ1n) is 5.93. The summed E-state index contributed by atoms with van der Waals surface area (Å²) in [6.45, 7) is 5.97. The number of nitrogens with zero attached hydrogens (tertiary/aromatic N) is 1. The number of carboxylic acid groups (broad SMARTS) is 1. The highest BCUT2D eigenvalue weighted by atomic mass is 16.4. The van der Waals surface area contributed by atoms with Crippen LogP contribution in [0.2, 0.25) is 0 Å². The Bertz CT molecular complexity index is 505. The number of furan rings is 1. The van der Waals surface area contributed by atoms with E-state index in [-0.39, 0.29) is 12.5 Å². The second-order valence-corrected chi connectivity index (χ2v) is 5.21. The van der Waals surface area contributed by atoms with Gasteiger partial charge in [-0.1, -0.05) is 0 Å². The fourth-order valence-electron chi connectivity index (χ4n) is 2.31. The van der Waals surface area contributed by atoms with Gasteiger partial charge in [-0.25, -0.2) is 0 Å². The number of aryl methyl sites for hydroxylation is 2. The first kappa shape index (κ1) is 12.7. The van der Waals surface area contributed by atoms with E-state index < -0.39 is 11.4 Å². The zero-order chi connectivity index (χ0) is 13.5. The van der Waals surface area contributed by atoms with Crippen LogP contribution in [0.4, 0.5) is 0 Å². The smallest absolute Gasteiger partial charge is 0.311 e. The van der Waals surface area contributed by atoms with Gasteiger partial charge in [0.2, 0.25) is 0 Å². The molecule has 0 saturated carbocycles. The van der Waals surface area contributed by atoms with E-state index in [0.717, 1.165) is 5.56 Å². The Morgan fingerprint density at radius 1 is 1.44 bits per heavy atom. The Kier molecular flexibility index (Phi) is 2.92. The molecule has 1 aliphatic heterocycles. The van der Waals surface area contributed by atoms with Gasteiger partial charge in [0.15, 0.2) is 5.76 Å². The van der Waals surface area contributed by atoms with Crippen LogP contribution >= 0.6 is 0 Å². The third kappa shape index (κ3) is 2.00. The molecule has 1 aromatic rings. The average Bonchev–Trinajstić information content (AvgIpc) is 2.82. The summed E-state index contributed by atoms with van der Waals surface area (Å²) in [7, 11) is 0. The number of carbonyl (C=O) groups is 2. The van der Waals surface area contributed by atoms with Crippen molar-refractivity contribution in [3.8, 4) is 0 Å². The van der Waals surface area contributed by atoms with Crippen LogP contribution in [0.3, 0.4) is 0 Å². The number of hydrogen-bond acceptors (Lipinski definition) is 3. The summed E-state index contributed by atoms with van der Waals surface area (Å²) in [5, 5.41) is 9.14. The lowest BCUT2D eigenvalue weighted by atomic mass is 9.90. The molecule has 1 aliphatic rings. The molecule has 5 nitrogen and oxygen atoms in total. The summed E-state index contributed by atoms with van der Waals surface area (Å²) in [5.41, 5.74) is -0.0491. The van der Waals surface area contributed by atoms with Crippen LogP contribution in [-0.2, 0) is 4.79 Å². The molecule has 0 radical (unpaired) electrons. The van der Waals surface area contributed by atoms with Gasteiger partial charge in [0.25, 0.3) is 5.91 Å². The molecule has 0 aromatic carbocycles. The van der Waals surface area contributed by atoms with Crippen LogP contribution in [0.15, 0.2) is 10.5 Å². The Morgan fingerprint density at radius 2 is 2.11 bits per heavy atom. The zero-order valence-corrected chi connectivity index (χ0v) is 10.8. The van der Waals surface area contributed by atoms with Crippen molar-refractivity contribution in [2.24, 2.45) is 5.41 Å². The molecule has 1 amide bonds. The van der Waals surface area contributed by atoms with Crippen LogP contribution in [0.25, 0.3) is 0 Å². The highest BCUT2D eigenvalue weighted by Crippen LogP contribution is 2.31. The summed E-state index contributed by atoms with van der Waals surface area (Å²) in [5.74, 6) is -0.0612. The molecule has 1 N–H and O–H groups in total. The SMILES string of the molecule is Cc1cc(C)c(C(=O)N2CCC(C)(C(=O)O)C2)o1. The van der Waals surface area contributed by atoms with E-state index in [0.29, 0.717) is 24.5 Å². The van der Waals surface area contributed by atoms with E-state index in [2.05, 4.69) is 0 Å². The van der Waals surface area contributed by atoms with E-state index in [1.807, 2.05) is 6.92 Å². The van der Waals surface area contributed by atoms with E-state index in [9.17, 15) is 9.59 Å². The largest absolute Gasteiger partial charge is 0.481 e. The van der Waals surface area contributed by atoms with Crippen molar-refractivity contribution in [2.75, 3.05) is 13.1 Å². The summed E-state index contributed by atoms with van der Waals surface area (Å²) in [6, 6.07) is 1.81. The molecule has 98 valence electrons. The predicted octanol–water partition coefficient (Wildman–Crippen LogP) is 1.83. The number of amides is 1. The summed E-state index contributed by atoms with van der Waals surface area (Å²) in [6.07, 6.45) is 0.479. The van der Waals surface area contributed by atoms with Crippen molar-refractivity contribution in [1.29, 1.82) is 0 Å². The standard InChI is InChI=1S/C13H17NO4/c1-8-6-9(2)18-10(8)11(15)14-5-4-13(3,7-14)12(16)17/h6H,4-5,7H2,1-3H3,(H,16,17). The van der Waals surface area contributed by atoms with Gasteiger partial charge in [0.1, 0.15) is 5.76 Å². The monoisotopic (exact) mass is 251 g/mol. The number of carboxylic acids is 1. The molecule has 2 heterocycles. The Hall–Kier alpha value is -1.78. The van der Waals surface area contributed by atoms with E-state index in [1.54, 1.807) is 24.8 Å². The molecule has 18 heavy (non-hydrogen) atoms. The second-order valence-electron chi connectivity index (χ2n) is 5.21. The molecule has 5 heteroatoms. The molecular formula is C13H17NO4. The average molecular weight is 251 g/mol. The zero-order valence-electron chi connectivity index (χ0n) is 10.8. The van der Waals surface area contributed by atoms with Crippen LogP contribution in [0, 0.1) is 19.3 Å². The number of hydrogen-bond donors (Lipinski definition) is 1. The van der Waals surface area contributed by atoms with Gasteiger partial charge in [-0.15, -0.1) is 0 Å². The van der Waals surface area contributed by atoms with Gasteiger partial charge in [-0.2, -0.15) is 0 Å². The number of rotatable bonds is 2. The number of carbonyl (C=O) groups excluding carboxylic acids is 1. The first-order valence-corrected chi connectivity index (χ1v) is 5.93. The van der Waals surface area contributed by atoms with Gasteiger partial charge >= 0.3 is 5.97 Å². The van der Waals surface area contributed by atoms with Crippen LogP contribution in [-0.4, -0.2) is 35.0 Å². The molecular weight excluding hydrogens is 234 g/mol. The Labute approximate surface area is 105 Å². The van der Waals surface area contributed by atoms with E-state index >= 15 is 0 Å². The fourth-order valence-corrected chi connectivity index (χ4v) is 2.31. The van der Waals surface area contributed by atoms with Crippen LogP contribution in [0.5, 0.6) is 0 Å². The summed E-state index contributed by atoms with van der Waals surface area (Å²) in [4.78, 5) is 24.9. The minimum absolute atomic E-state index is 0.217. The Balaban J connectivity index is 2.18. The molecule has 1 saturated heterocycles. The molecule has 1 unspecified atom stereocenters. The third-order valence-corrected chi connectivity index (χ3v) is 3.51. The highest BCUT2D eigenvalue weighted by molar-refractivity contribution is 5.93. The van der Waals surface area contributed by atoms with Crippen molar-refractivity contribution in [1.82, 2.24) is 4.90 Å². The minimum Gasteiger partial charge on any atom is -0.481 e. The van der Waals surface area contributed by atoms with Gasteiger partial charge in [0.05, 0.1) is 5.41 Å². The molecule has 1 atom stereocenters. The number of aliphatic carboxylic acids is 1. The van der Waals surface area contributed by atoms with Gasteiger partial charge in [-0.05, 0) is 33.3 Å². The molecule has 1 aromatic heterocycles. The first-order chi connectivity index (χ1) is 8.33. The normalized spacial score (nSPS) is 23.4. The predicted molar refractivity (Wildman–Crippen MR) is 64.4 cm³/mol. The van der Waals surface area contributed by atoms with Gasteiger partial charge in [0, 0.05) is 18.7 Å². The molecule has 0 bridgehead atoms.